The molecule has 92 valence electrons. The number of ether oxygens (including phenoxy) is 1. The van der Waals surface area contributed by atoms with Crippen LogP contribution in [0.25, 0.3) is 11.1 Å². The van der Waals surface area contributed by atoms with Gasteiger partial charge in [0.05, 0.1) is 7.11 Å². The fourth-order valence-corrected chi connectivity index (χ4v) is 2.70. The summed E-state index contributed by atoms with van der Waals surface area (Å²) >= 11 is 0. The molecule has 1 aliphatic carbocycles. The lowest BCUT2D eigenvalue weighted by molar-refractivity contribution is 0.0595. The van der Waals surface area contributed by atoms with Crippen molar-refractivity contribution in [2.45, 2.75) is 19.3 Å². The highest BCUT2D eigenvalue weighted by Crippen LogP contribution is 2.35. The van der Waals surface area contributed by atoms with Crippen LogP contribution in [0, 0.1) is 0 Å². The molecule has 0 unspecified atom stereocenters. The van der Waals surface area contributed by atoms with Crippen LogP contribution in [0.3, 0.4) is 0 Å². The quantitative estimate of drug-likeness (QED) is 0.821. The molecule has 0 spiro atoms. The van der Waals surface area contributed by atoms with Crippen molar-refractivity contribution < 1.29 is 9.53 Å². The van der Waals surface area contributed by atoms with E-state index < -0.39 is 0 Å². The Morgan fingerprint density at radius 3 is 2.72 bits per heavy atom. The van der Waals surface area contributed by atoms with E-state index in [9.17, 15) is 4.79 Å². The third-order valence-corrected chi connectivity index (χ3v) is 3.50. The van der Waals surface area contributed by atoms with Gasteiger partial charge in [0, 0.05) is 11.3 Å². The second-order valence-electron chi connectivity index (χ2n) is 4.54. The molecule has 1 aliphatic rings. The highest BCUT2D eigenvalue weighted by molar-refractivity contribution is 5.97. The van der Waals surface area contributed by atoms with Crippen molar-refractivity contribution in [1.29, 1.82) is 0 Å². The van der Waals surface area contributed by atoms with Crippen LogP contribution in [-0.4, -0.2) is 18.1 Å². The molecule has 0 saturated carbocycles. The third kappa shape index (κ3) is 1.63. The maximum atomic E-state index is 11.9. The van der Waals surface area contributed by atoms with Crippen LogP contribution < -0.4 is 0 Å². The topological polar surface area (TPSA) is 42.1 Å². The van der Waals surface area contributed by atoms with Crippen LogP contribution in [0.15, 0.2) is 30.3 Å². The molecule has 3 heteroatoms. The number of H-pyrrole nitrogens is 1. The number of hydrogen-bond acceptors (Lipinski definition) is 2. The summed E-state index contributed by atoms with van der Waals surface area (Å²) in [5.41, 5.74) is 5.16. The highest BCUT2D eigenvalue weighted by Gasteiger charge is 2.26. The van der Waals surface area contributed by atoms with Crippen LogP contribution >= 0.6 is 0 Å². The van der Waals surface area contributed by atoms with Crippen LogP contribution in [-0.2, 0) is 17.6 Å². The molecule has 3 nitrogen and oxygen atoms in total. The number of hydrogen-bond donors (Lipinski definition) is 1. The summed E-state index contributed by atoms with van der Waals surface area (Å²) in [4.78, 5) is 15.1. The molecule has 18 heavy (non-hydrogen) atoms. The van der Waals surface area contributed by atoms with Crippen molar-refractivity contribution in [1.82, 2.24) is 4.98 Å². The van der Waals surface area contributed by atoms with E-state index in [0.29, 0.717) is 5.69 Å². The monoisotopic (exact) mass is 241 g/mol. The number of carbonyl (C=O) groups excluding carboxylic acids is 1. The van der Waals surface area contributed by atoms with Crippen LogP contribution in [0.1, 0.15) is 28.2 Å². The maximum absolute atomic E-state index is 11.9. The summed E-state index contributed by atoms with van der Waals surface area (Å²) in [6.07, 6.45) is 3.21. The smallest absolute Gasteiger partial charge is 0.355 e. The molecule has 1 heterocycles. The van der Waals surface area contributed by atoms with Gasteiger partial charge in [0.2, 0.25) is 0 Å². The van der Waals surface area contributed by atoms with Gasteiger partial charge in [0.1, 0.15) is 5.69 Å². The van der Waals surface area contributed by atoms with Gasteiger partial charge in [-0.05, 0) is 30.4 Å². The van der Waals surface area contributed by atoms with Crippen LogP contribution in [0.2, 0.25) is 0 Å². The average Bonchev–Trinajstić information content (AvgIpc) is 2.98. The number of carbonyl (C=O) groups is 1. The summed E-state index contributed by atoms with van der Waals surface area (Å²) in [6.45, 7) is 0. The predicted octanol–water partition coefficient (Wildman–Crippen LogP) is 2.96. The number of aromatic amines is 1. The molecule has 1 aromatic carbocycles. The van der Waals surface area contributed by atoms with Gasteiger partial charge in [-0.15, -0.1) is 0 Å². The minimum Gasteiger partial charge on any atom is -0.464 e. The first-order valence-corrected chi connectivity index (χ1v) is 6.18. The number of aryl methyl sites for hydroxylation is 1. The minimum atomic E-state index is -0.289. The van der Waals surface area contributed by atoms with Crippen molar-refractivity contribution in [3.63, 3.8) is 0 Å². The lowest BCUT2D eigenvalue weighted by atomic mass is 10.0. The normalized spacial score (nSPS) is 13.4. The van der Waals surface area contributed by atoms with Gasteiger partial charge in [-0.25, -0.2) is 4.79 Å². The zero-order chi connectivity index (χ0) is 12.5. The molecule has 0 fully saturated rings. The molecule has 3 rings (SSSR count). The Morgan fingerprint density at radius 1 is 1.22 bits per heavy atom. The average molecular weight is 241 g/mol. The summed E-state index contributed by atoms with van der Waals surface area (Å²) < 4.78 is 4.87. The number of nitrogens with one attached hydrogen (secondary N) is 1. The fraction of sp³-hybridized carbons (Fsp3) is 0.267. The highest BCUT2D eigenvalue weighted by atomic mass is 16.5. The molecule has 0 aliphatic heterocycles. The Kier molecular flexibility index (Phi) is 2.67. The van der Waals surface area contributed by atoms with E-state index >= 15 is 0 Å². The number of esters is 1. The van der Waals surface area contributed by atoms with Gasteiger partial charge in [-0.1, -0.05) is 30.3 Å². The lowest BCUT2D eigenvalue weighted by Gasteiger charge is -2.05. The minimum absolute atomic E-state index is 0.289. The largest absolute Gasteiger partial charge is 0.464 e. The fourth-order valence-electron chi connectivity index (χ4n) is 2.70. The van der Waals surface area contributed by atoms with E-state index in [4.69, 9.17) is 4.74 Å². The van der Waals surface area contributed by atoms with Gasteiger partial charge in [0.25, 0.3) is 0 Å². The van der Waals surface area contributed by atoms with E-state index in [-0.39, 0.29) is 5.97 Å². The van der Waals surface area contributed by atoms with Gasteiger partial charge in [-0.3, -0.25) is 0 Å². The molecule has 1 N–H and O–H groups in total. The first kappa shape index (κ1) is 11.1. The van der Waals surface area contributed by atoms with Gasteiger partial charge >= 0.3 is 5.97 Å². The summed E-state index contributed by atoms with van der Waals surface area (Å²) in [6, 6.07) is 10.0. The van der Waals surface area contributed by atoms with Crippen LogP contribution in [0.4, 0.5) is 0 Å². The first-order valence-electron chi connectivity index (χ1n) is 6.18. The van der Waals surface area contributed by atoms with Gasteiger partial charge < -0.3 is 9.72 Å². The maximum Gasteiger partial charge on any atom is 0.355 e. The lowest BCUT2D eigenvalue weighted by Crippen LogP contribution is -2.04. The Labute approximate surface area is 106 Å². The zero-order valence-electron chi connectivity index (χ0n) is 10.3. The Bertz CT molecular complexity index is 584. The van der Waals surface area contributed by atoms with Gasteiger partial charge in [0.15, 0.2) is 0 Å². The molecule has 0 bridgehead atoms. The molecule has 0 saturated heterocycles. The van der Waals surface area contributed by atoms with Crippen molar-refractivity contribution in [3.05, 3.63) is 47.3 Å². The first-order chi connectivity index (χ1) is 8.81. The standard InChI is InChI=1S/C15H15NO2/c1-18-15(17)14-13(10-6-3-2-4-7-10)11-8-5-9-12(11)16-14/h2-4,6-7,16H,5,8-9H2,1H3. The third-order valence-electron chi connectivity index (χ3n) is 3.50. The van der Waals surface area contributed by atoms with E-state index in [0.717, 1.165) is 30.4 Å². The Hall–Kier alpha value is -2.03. The predicted molar refractivity (Wildman–Crippen MR) is 69.6 cm³/mol. The van der Waals surface area contributed by atoms with E-state index in [1.54, 1.807) is 0 Å². The molecular weight excluding hydrogens is 226 g/mol. The van der Waals surface area contributed by atoms with Crippen molar-refractivity contribution in [2.24, 2.45) is 0 Å². The number of methoxy groups -OCH3 is 1. The summed E-state index contributed by atoms with van der Waals surface area (Å²) in [7, 11) is 1.42. The molecule has 2 aromatic rings. The van der Waals surface area contributed by atoms with Crippen LogP contribution in [0.5, 0.6) is 0 Å². The molecule has 1 aromatic heterocycles. The number of aromatic nitrogens is 1. The van der Waals surface area contributed by atoms with E-state index in [2.05, 4.69) is 4.98 Å². The molecule has 0 atom stereocenters. The second-order valence-corrected chi connectivity index (χ2v) is 4.54. The van der Waals surface area contributed by atoms with Crippen molar-refractivity contribution in [2.75, 3.05) is 7.11 Å². The SMILES string of the molecule is COC(=O)c1[nH]c2c(c1-c1ccccc1)CCC2. The van der Waals surface area contributed by atoms with E-state index in [1.807, 2.05) is 30.3 Å². The number of fused-ring (bicyclic) bond motifs is 1. The Balaban J connectivity index is 2.20. The van der Waals surface area contributed by atoms with Gasteiger partial charge in [-0.2, -0.15) is 0 Å². The van der Waals surface area contributed by atoms with E-state index in [1.165, 1.54) is 18.4 Å². The molecule has 0 amide bonds. The number of rotatable bonds is 2. The summed E-state index contributed by atoms with van der Waals surface area (Å²) in [5, 5.41) is 0. The zero-order valence-corrected chi connectivity index (χ0v) is 10.3. The second kappa shape index (κ2) is 4.33. The molecule has 0 radical (unpaired) electrons. The molecular formula is C15H15NO2. The summed E-state index contributed by atoms with van der Waals surface area (Å²) in [5.74, 6) is -0.289. The Morgan fingerprint density at radius 2 is 2.00 bits per heavy atom. The number of benzene rings is 1. The van der Waals surface area contributed by atoms with Crippen molar-refractivity contribution in [3.8, 4) is 11.1 Å². The van der Waals surface area contributed by atoms with Crippen molar-refractivity contribution >= 4 is 5.97 Å².